The highest BCUT2D eigenvalue weighted by atomic mass is 35.5. The first-order valence-electron chi connectivity index (χ1n) is 14.2. The Hall–Kier alpha value is -3.40. The van der Waals surface area contributed by atoms with Crippen LogP contribution in [0.4, 0.5) is 13.2 Å². The molecule has 5 nitrogen and oxygen atoms in total. The minimum atomic E-state index is -4.94. The zero-order valence-electron chi connectivity index (χ0n) is 23.8. The number of ketones is 1. The molecule has 4 aromatic rings. The third-order valence-corrected chi connectivity index (χ3v) is 9.64. The number of halogens is 4. The average molecular weight is 629 g/mol. The van der Waals surface area contributed by atoms with Gasteiger partial charge in [-0.15, -0.1) is 11.3 Å². The highest BCUT2D eigenvalue weighted by Crippen LogP contribution is 2.38. The quantitative estimate of drug-likeness (QED) is 0.189. The van der Waals surface area contributed by atoms with E-state index in [1.165, 1.54) is 35.6 Å². The Kier molecular flexibility index (Phi) is 9.44. The molecule has 0 bridgehead atoms. The fourth-order valence-electron chi connectivity index (χ4n) is 5.67. The van der Waals surface area contributed by atoms with E-state index in [1.54, 1.807) is 0 Å². The lowest BCUT2D eigenvalue weighted by Gasteiger charge is -2.37. The summed E-state index contributed by atoms with van der Waals surface area (Å²) in [7, 11) is 1.95. The summed E-state index contributed by atoms with van der Waals surface area (Å²) < 4.78 is 45.6. The van der Waals surface area contributed by atoms with Gasteiger partial charge in [-0.05, 0) is 69.0 Å². The molecule has 0 radical (unpaired) electrons. The zero-order chi connectivity index (χ0) is 30.7. The summed E-state index contributed by atoms with van der Waals surface area (Å²) in [6.07, 6.45) is -1.40. The number of nitrogens with zero attached hydrogens (tertiary/aromatic N) is 1. The number of Topliss-reactive ketones (excluding diaryl/α,β-unsaturated/α-hetero) is 1. The lowest BCUT2D eigenvalue weighted by molar-refractivity contribution is -0.0885. The molecule has 1 aliphatic rings. The van der Waals surface area contributed by atoms with E-state index < -0.39 is 17.5 Å². The van der Waals surface area contributed by atoms with E-state index in [-0.39, 0.29) is 18.5 Å². The van der Waals surface area contributed by atoms with Gasteiger partial charge in [0, 0.05) is 39.8 Å². The van der Waals surface area contributed by atoms with Gasteiger partial charge in [-0.3, -0.25) is 9.59 Å². The highest BCUT2D eigenvalue weighted by molar-refractivity contribution is 7.21. The maximum atomic E-state index is 14.3. The number of ether oxygens (including phenoxy) is 1. The summed E-state index contributed by atoms with van der Waals surface area (Å²) in [5, 5.41) is 4.64. The Morgan fingerprint density at radius 2 is 1.67 bits per heavy atom. The van der Waals surface area contributed by atoms with Gasteiger partial charge in [0.2, 0.25) is 0 Å². The minimum Gasteiger partial charge on any atom is -0.494 e. The Morgan fingerprint density at radius 1 is 1.00 bits per heavy atom. The molecular formula is C33H32ClF3N2O3S. The number of hydrogen-bond donors (Lipinski definition) is 1. The van der Waals surface area contributed by atoms with Crippen molar-refractivity contribution in [2.24, 2.45) is 0 Å². The molecule has 43 heavy (non-hydrogen) atoms. The fraction of sp³-hybridized carbons (Fsp3) is 0.333. The average Bonchev–Trinajstić information content (AvgIpc) is 3.36. The zero-order valence-corrected chi connectivity index (χ0v) is 25.4. The monoisotopic (exact) mass is 628 g/mol. The van der Waals surface area contributed by atoms with Crippen LogP contribution in [-0.2, 0) is 6.54 Å². The topological polar surface area (TPSA) is 58.6 Å². The van der Waals surface area contributed by atoms with Crippen LogP contribution in [0.1, 0.15) is 58.2 Å². The fourth-order valence-corrected chi connectivity index (χ4v) is 7.13. The molecule has 226 valence electrons. The third kappa shape index (κ3) is 6.74. The molecule has 1 fully saturated rings. The third-order valence-electron chi connectivity index (χ3n) is 7.97. The number of carbonyl (C=O) groups excluding carboxylic acids is 2. The van der Waals surface area contributed by atoms with Crippen LogP contribution in [0.3, 0.4) is 0 Å². The van der Waals surface area contributed by atoms with Crippen LogP contribution in [0.5, 0.6) is 5.75 Å². The van der Waals surface area contributed by atoms with Crippen molar-refractivity contribution in [2.45, 2.75) is 57.4 Å². The summed E-state index contributed by atoms with van der Waals surface area (Å²) in [5.41, 5.74) is 1.73. The second-order valence-electron chi connectivity index (χ2n) is 10.6. The van der Waals surface area contributed by atoms with Crippen LogP contribution in [0.25, 0.3) is 21.2 Å². The number of amides is 1. The molecular weight excluding hydrogens is 597 g/mol. The molecule has 10 heteroatoms. The van der Waals surface area contributed by atoms with Gasteiger partial charge >= 0.3 is 6.18 Å². The second-order valence-corrected chi connectivity index (χ2v) is 12.1. The first-order valence-corrected chi connectivity index (χ1v) is 15.4. The lowest BCUT2D eigenvalue weighted by atomic mass is 9.89. The van der Waals surface area contributed by atoms with E-state index in [0.29, 0.717) is 33.9 Å². The van der Waals surface area contributed by atoms with Crippen molar-refractivity contribution in [1.29, 1.82) is 0 Å². The number of carbonyl (C=O) groups is 2. The van der Waals surface area contributed by atoms with Gasteiger partial charge in [0.05, 0.1) is 11.6 Å². The van der Waals surface area contributed by atoms with E-state index in [1.807, 2.05) is 61.3 Å². The summed E-state index contributed by atoms with van der Waals surface area (Å²) in [5.74, 6) is -1.39. The van der Waals surface area contributed by atoms with Gasteiger partial charge < -0.3 is 15.0 Å². The van der Waals surface area contributed by atoms with Crippen molar-refractivity contribution in [3.63, 3.8) is 0 Å². The molecule has 1 aliphatic carbocycles. The number of benzene rings is 3. The van der Waals surface area contributed by atoms with Gasteiger partial charge in [-0.2, -0.15) is 13.2 Å². The first kappa shape index (κ1) is 31.0. The molecule has 0 saturated heterocycles. The van der Waals surface area contributed by atoms with E-state index in [4.69, 9.17) is 16.3 Å². The van der Waals surface area contributed by atoms with Crippen LogP contribution < -0.4 is 10.1 Å². The van der Waals surface area contributed by atoms with Crippen molar-refractivity contribution in [1.82, 2.24) is 10.2 Å². The predicted octanol–water partition coefficient (Wildman–Crippen LogP) is 8.54. The summed E-state index contributed by atoms with van der Waals surface area (Å²) >= 11 is 8.15. The molecule has 1 saturated carbocycles. The van der Waals surface area contributed by atoms with Gasteiger partial charge in [-0.25, -0.2) is 0 Å². The van der Waals surface area contributed by atoms with Crippen LogP contribution in [0.2, 0.25) is 5.02 Å². The Morgan fingerprint density at radius 3 is 2.30 bits per heavy atom. The van der Waals surface area contributed by atoms with E-state index in [0.717, 1.165) is 46.9 Å². The molecule has 0 unspecified atom stereocenters. The minimum absolute atomic E-state index is 0.0100. The van der Waals surface area contributed by atoms with Crippen LogP contribution in [0, 0.1) is 0 Å². The lowest BCUT2D eigenvalue weighted by Crippen LogP contribution is -2.44. The number of rotatable bonds is 9. The number of thiophene rings is 1. The van der Waals surface area contributed by atoms with Crippen molar-refractivity contribution in [3.05, 3.63) is 87.8 Å². The molecule has 0 spiro atoms. The smallest absolute Gasteiger partial charge is 0.454 e. The molecule has 3 aromatic carbocycles. The standard InChI is InChI=1S/C33H32ClF3N2O3S/c1-3-42-27-17-12-22(20-8-10-21(11-9-20)31(40)33(35,36)37)18-23(27)19-39(25-15-13-24(38-2)14-16-25)32(41)30-29(34)26-6-4-5-7-28(26)43-30/h4-12,17-18,24-25,38H,3,13-16,19H2,1-2H3. The van der Waals surface area contributed by atoms with Crippen molar-refractivity contribution in [2.75, 3.05) is 13.7 Å². The normalized spacial score (nSPS) is 17.2. The van der Waals surface area contributed by atoms with Crippen LogP contribution in [-0.4, -0.2) is 48.5 Å². The maximum absolute atomic E-state index is 14.3. The molecule has 1 N–H and O–H groups in total. The molecule has 5 rings (SSSR count). The van der Waals surface area contributed by atoms with Crippen LogP contribution >= 0.6 is 22.9 Å². The largest absolute Gasteiger partial charge is 0.494 e. The molecule has 1 aromatic heterocycles. The first-order chi connectivity index (χ1) is 20.6. The predicted molar refractivity (Wildman–Crippen MR) is 165 cm³/mol. The molecule has 1 amide bonds. The van der Waals surface area contributed by atoms with Crippen molar-refractivity contribution in [3.8, 4) is 16.9 Å². The molecule has 0 atom stereocenters. The van der Waals surface area contributed by atoms with E-state index in [9.17, 15) is 22.8 Å². The highest BCUT2D eigenvalue weighted by Gasteiger charge is 2.39. The van der Waals surface area contributed by atoms with Gasteiger partial charge in [-0.1, -0.05) is 60.1 Å². The SMILES string of the molecule is CCOc1ccc(-c2ccc(C(=O)C(F)(F)F)cc2)cc1CN(C(=O)c1sc2ccccc2c1Cl)C1CCC(NC)CC1. The van der Waals surface area contributed by atoms with Crippen LogP contribution in [0.15, 0.2) is 66.7 Å². The second kappa shape index (κ2) is 13.1. The summed E-state index contributed by atoms with van der Waals surface area (Å²) in [4.78, 5) is 28.3. The van der Waals surface area contributed by atoms with Gasteiger partial charge in [0.15, 0.2) is 0 Å². The van der Waals surface area contributed by atoms with E-state index >= 15 is 0 Å². The van der Waals surface area contributed by atoms with Gasteiger partial charge in [0.25, 0.3) is 11.7 Å². The molecule has 1 heterocycles. The van der Waals surface area contributed by atoms with E-state index in [2.05, 4.69) is 5.32 Å². The Bertz CT molecular complexity index is 1610. The molecule has 0 aliphatic heterocycles. The summed E-state index contributed by atoms with van der Waals surface area (Å²) in [6.45, 7) is 2.57. The van der Waals surface area contributed by atoms with Crippen molar-refractivity contribution >= 4 is 44.7 Å². The number of alkyl halides is 3. The van der Waals surface area contributed by atoms with Crippen molar-refractivity contribution < 1.29 is 27.5 Å². The Balaban J connectivity index is 1.51. The van der Waals surface area contributed by atoms with Gasteiger partial charge in [0.1, 0.15) is 10.6 Å². The Labute approximate surface area is 257 Å². The summed E-state index contributed by atoms with van der Waals surface area (Å²) in [6, 6.07) is 19.0. The number of hydrogen-bond acceptors (Lipinski definition) is 5. The number of fused-ring (bicyclic) bond motifs is 1. The number of nitrogens with one attached hydrogen (secondary N) is 1. The maximum Gasteiger partial charge on any atom is 0.454 e.